The normalized spacial score (nSPS) is 10.5. The second kappa shape index (κ2) is 8.53. The van der Waals surface area contributed by atoms with E-state index in [2.05, 4.69) is 13.5 Å². The molecule has 4 heteroatoms. The zero-order valence-electron chi connectivity index (χ0n) is 16.0. The molecule has 0 aliphatic rings. The molecule has 3 rings (SSSR count). The summed E-state index contributed by atoms with van der Waals surface area (Å²) in [6.45, 7) is 7.29. The average molecular weight is 374 g/mol. The second-order valence-electron chi connectivity index (χ2n) is 6.68. The Labute approximate surface area is 164 Å². The summed E-state index contributed by atoms with van der Waals surface area (Å²) in [5.74, 6) is 0.0717. The highest BCUT2D eigenvalue weighted by Crippen LogP contribution is 2.23. The molecule has 0 aromatic heterocycles. The predicted octanol–water partition coefficient (Wildman–Crippen LogP) is 5.49. The molecule has 0 unspecified atom stereocenters. The summed E-state index contributed by atoms with van der Waals surface area (Å²) in [5, 5.41) is 1.70. The number of carbonyl (C=O) groups is 2. The first kappa shape index (κ1) is 19.4. The number of ether oxygens (including phenoxy) is 2. The van der Waals surface area contributed by atoms with Crippen molar-refractivity contribution in [3.05, 3.63) is 83.9 Å². The highest BCUT2D eigenvalue weighted by atomic mass is 16.5. The molecule has 0 spiro atoms. The number of hydrogen-bond donors (Lipinski definition) is 0. The third-order valence-corrected chi connectivity index (χ3v) is 4.28. The lowest BCUT2D eigenvalue weighted by molar-refractivity contribution is -0.130. The smallest absolute Gasteiger partial charge is 0.343 e. The molecule has 0 aliphatic carbocycles. The summed E-state index contributed by atoms with van der Waals surface area (Å²) in [6.07, 6.45) is 2.08. The Morgan fingerprint density at radius 2 is 1.50 bits per heavy atom. The van der Waals surface area contributed by atoms with Crippen LogP contribution >= 0.6 is 0 Å². The van der Waals surface area contributed by atoms with Crippen LogP contribution in [0, 0.1) is 0 Å². The lowest BCUT2D eigenvalue weighted by Gasteiger charge is -2.08. The number of carbonyl (C=O) groups excluding carboxylic acids is 2. The molecule has 4 nitrogen and oxygen atoms in total. The van der Waals surface area contributed by atoms with Crippen LogP contribution < -0.4 is 9.47 Å². The van der Waals surface area contributed by atoms with Crippen molar-refractivity contribution in [2.45, 2.75) is 26.7 Å². The molecular formula is C24H22O4. The van der Waals surface area contributed by atoms with Crippen LogP contribution in [0.25, 0.3) is 10.8 Å². The van der Waals surface area contributed by atoms with E-state index >= 15 is 0 Å². The van der Waals surface area contributed by atoms with Gasteiger partial charge in [-0.1, -0.05) is 44.2 Å². The zero-order chi connectivity index (χ0) is 20.1. The van der Waals surface area contributed by atoms with Crippen LogP contribution in [0.1, 0.15) is 36.2 Å². The van der Waals surface area contributed by atoms with E-state index in [1.54, 1.807) is 43.3 Å². The first-order valence-electron chi connectivity index (χ1n) is 9.19. The molecule has 0 aliphatic heterocycles. The van der Waals surface area contributed by atoms with E-state index in [9.17, 15) is 9.59 Å². The highest BCUT2D eigenvalue weighted by Gasteiger charge is 2.11. The molecule has 0 N–H and O–H groups in total. The van der Waals surface area contributed by atoms with E-state index in [1.165, 1.54) is 5.56 Å². The molecule has 0 fully saturated rings. The maximum atomic E-state index is 12.5. The molecule has 3 aromatic rings. The van der Waals surface area contributed by atoms with Crippen molar-refractivity contribution in [2.24, 2.45) is 0 Å². The second-order valence-corrected chi connectivity index (χ2v) is 6.68. The van der Waals surface area contributed by atoms with Gasteiger partial charge in [-0.25, -0.2) is 9.59 Å². The summed E-state index contributed by atoms with van der Waals surface area (Å²) < 4.78 is 10.7. The van der Waals surface area contributed by atoms with Gasteiger partial charge in [-0.2, -0.15) is 0 Å². The molecule has 0 heterocycles. The molecule has 0 saturated carbocycles. The number of benzene rings is 3. The molecule has 0 bridgehead atoms. The Hall–Kier alpha value is -3.40. The van der Waals surface area contributed by atoms with Crippen LogP contribution in [0.4, 0.5) is 0 Å². The molecule has 0 radical (unpaired) electrons. The van der Waals surface area contributed by atoms with Gasteiger partial charge in [-0.3, -0.25) is 0 Å². The quantitative estimate of drug-likeness (QED) is 0.325. The van der Waals surface area contributed by atoms with Gasteiger partial charge in [-0.05, 0) is 66.1 Å². The molecular weight excluding hydrogens is 352 g/mol. The molecule has 142 valence electrons. The first-order chi connectivity index (χ1) is 13.5. The largest absolute Gasteiger partial charge is 0.423 e. The van der Waals surface area contributed by atoms with Gasteiger partial charge in [0.2, 0.25) is 0 Å². The van der Waals surface area contributed by atoms with Crippen molar-refractivity contribution in [1.82, 2.24) is 0 Å². The van der Waals surface area contributed by atoms with E-state index in [1.807, 2.05) is 24.3 Å². The average Bonchev–Trinajstić information content (AvgIpc) is 2.69. The summed E-state index contributed by atoms with van der Waals surface area (Å²) in [4.78, 5) is 24.1. The Morgan fingerprint density at radius 3 is 2.18 bits per heavy atom. The minimum absolute atomic E-state index is 0.334. The van der Waals surface area contributed by atoms with Crippen LogP contribution in [-0.2, 0) is 11.2 Å². The molecule has 0 amide bonds. The topological polar surface area (TPSA) is 52.6 Å². The predicted molar refractivity (Wildman–Crippen MR) is 110 cm³/mol. The minimum Gasteiger partial charge on any atom is -0.423 e. The molecule has 0 saturated heterocycles. The van der Waals surface area contributed by atoms with Crippen LogP contribution in [0.3, 0.4) is 0 Å². The lowest BCUT2D eigenvalue weighted by atomic mass is 10.1. The van der Waals surface area contributed by atoms with Crippen molar-refractivity contribution in [3.63, 3.8) is 0 Å². The maximum absolute atomic E-state index is 12.5. The third kappa shape index (κ3) is 4.65. The zero-order valence-corrected chi connectivity index (χ0v) is 16.0. The minimum atomic E-state index is -0.468. The van der Waals surface area contributed by atoms with Crippen molar-refractivity contribution in [3.8, 4) is 11.5 Å². The van der Waals surface area contributed by atoms with Crippen molar-refractivity contribution >= 4 is 22.7 Å². The van der Waals surface area contributed by atoms with Gasteiger partial charge in [0, 0.05) is 5.57 Å². The van der Waals surface area contributed by atoms with E-state index in [-0.39, 0.29) is 0 Å². The lowest BCUT2D eigenvalue weighted by Crippen LogP contribution is -2.09. The summed E-state index contributed by atoms with van der Waals surface area (Å²) in [6, 6.07) is 18.1. The van der Waals surface area contributed by atoms with Crippen LogP contribution in [-0.4, -0.2) is 11.9 Å². The number of fused-ring (bicyclic) bond motifs is 1. The monoisotopic (exact) mass is 374 g/mol. The number of rotatable bonds is 6. The fraction of sp³-hybridized carbons (Fsp3) is 0.167. The van der Waals surface area contributed by atoms with Crippen molar-refractivity contribution < 1.29 is 19.1 Å². The maximum Gasteiger partial charge on any atom is 0.343 e. The number of aryl methyl sites for hydroxylation is 1. The first-order valence-corrected chi connectivity index (χ1v) is 9.19. The fourth-order valence-electron chi connectivity index (χ4n) is 2.79. The summed E-state index contributed by atoms with van der Waals surface area (Å²) in [5.41, 5.74) is 2.01. The van der Waals surface area contributed by atoms with Gasteiger partial charge in [0.15, 0.2) is 0 Å². The number of hydrogen-bond acceptors (Lipinski definition) is 4. The van der Waals surface area contributed by atoms with Crippen molar-refractivity contribution in [1.29, 1.82) is 0 Å². The molecule has 3 aromatic carbocycles. The van der Waals surface area contributed by atoms with E-state index in [4.69, 9.17) is 9.47 Å². The van der Waals surface area contributed by atoms with Gasteiger partial charge in [0.1, 0.15) is 11.5 Å². The Morgan fingerprint density at radius 1 is 0.857 bits per heavy atom. The fourth-order valence-corrected chi connectivity index (χ4v) is 2.79. The Balaban J connectivity index is 1.75. The summed E-state index contributed by atoms with van der Waals surface area (Å²) in [7, 11) is 0. The SMILES string of the molecule is C=C(C)C(=O)Oc1ccc2cc(C(=O)Oc3ccc(CCC)cc3)ccc2c1. The Bertz CT molecular complexity index is 1030. The molecule has 0 atom stereocenters. The van der Waals surface area contributed by atoms with Gasteiger partial charge in [0.25, 0.3) is 0 Å². The van der Waals surface area contributed by atoms with Crippen molar-refractivity contribution in [2.75, 3.05) is 0 Å². The Kier molecular flexibility index (Phi) is 5.90. The highest BCUT2D eigenvalue weighted by molar-refractivity contribution is 5.97. The third-order valence-electron chi connectivity index (χ3n) is 4.28. The van der Waals surface area contributed by atoms with Crippen LogP contribution in [0.15, 0.2) is 72.8 Å². The molecule has 28 heavy (non-hydrogen) atoms. The van der Waals surface area contributed by atoms with E-state index in [0.29, 0.717) is 22.6 Å². The number of esters is 2. The van der Waals surface area contributed by atoms with Gasteiger partial charge in [0.05, 0.1) is 5.56 Å². The van der Waals surface area contributed by atoms with Gasteiger partial charge < -0.3 is 9.47 Å². The van der Waals surface area contributed by atoms with E-state index < -0.39 is 11.9 Å². The van der Waals surface area contributed by atoms with E-state index in [0.717, 1.165) is 23.6 Å². The van der Waals surface area contributed by atoms with Gasteiger partial charge >= 0.3 is 11.9 Å². The standard InChI is InChI=1S/C24H22O4/c1-4-5-17-6-11-21(12-7-17)27-24(26)20-9-8-19-15-22(13-10-18(19)14-20)28-23(25)16(2)3/h6-15H,2,4-5H2,1,3H3. The summed E-state index contributed by atoms with van der Waals surface area (Å²) >= 11 is 0. The van der Waals surface area contributed by atoms with Gasteiger partial charge in [-0.15, -0.1) is 0 Å². The van der Waals surface area contributed by atoms with Crippen LogP contribution in [0.5, 0.6) is 11.5 Å². The van der Waals surface area contributed by atoms with Crippen LogP contribution in [0.2, 0.25) is 0 Å².